The number of carbonyl (C=O) groups is 2. The number of amides is 1. The van der Waals surface area contributed by atoms with Gasteiger partial charge in [-0.2, -0.15) is 0 Å². The zero-order chi connectivity index (χ0) is 28.2. The zero-order valence-corrected chi connectivity index (χ0v) is 24.6. The first-order chi connectivity index (χ1) is 17.9. The lowest BCUT2D eigenvalue weighted by Crippen LogP contribution is -2.46. The minimum absolute atomic E-state index is 0.138. The highest BCUT2D eigenvalue weighted by molar-refractivity contribution is 5.75. The van der Waals surface area contributed by atoms with E-state index in [1.807, 2.05) is 57.7 Å². The van der Waals surface area contributed by atoms with Gasteiger partial charge in [0.05, 0.1) is 31.7 Å². The summed E-state index contributed by atoms with van der Waals surface area (Å²) in [5, 5.41) is 0. The van der Waals surface area contributed by atoms with Gasteiger partial charge in [0.2, 0.25) is 0 Å². The van der Waals surface area contributed by atoms with E-state index >= 15 is 0 Å². The van der Waals surface area contributed by atoms with Gasteiger partial charge >= 0.3 is 12.1 Å². The van der Waals surface area contributed by atoms with Gasteiger partial charge in [0.25, 0.3) is 0 Å². The minimum atomic E-state index is -0.662. The summed E-state index contributed by atoms with van der Waals surface area (Å²) < 4.78 is 28.7. The van der Waals surface area contributed by atoms with Crippen molar-refractivity contribution in [2.45, 2.75) is 91.5 Å². The van der Waals surface area contributed by atoms with Crippen LogP contribution >= 0.6 is 0 Å². The summed E-state index contributed by atoms with van der Waals surface area (Å²) in [6.45, 7) is 15.1. The van der Waals surface area contributed by atoms with Gasteiger partial charge in [-0.25, -0.2) is 4.79 Å². The predicted octanol–water partition coefficient (Wildman–Crippen LogP) is 6.02. The largest absolute Gasteiger partial charge is 0.493 e. The van der Waals surface area contributed by atoms with E-state index in [-0.39, 0.29) is 47.8 Å². The van der Waals surface area contributed by atoms with E-state index in [9.17, 15) is 9.59 Å². The molecule has 0 radical (unpaired) electrons. The molecule has 0 bridgehead atoms. The first kappa shape index (κ1) is 30.1. The van der Waals surface area contributed by atoms with Crippen molar-refractivity contribution in [2.75, 3.05) is 27.4 Å². The Morgan fingerprint density at radius 2 is 1.76 bits per heavy atom. The number of rotatable bonds is 10. The van der Waals surface area contributed by atoms with E-state index in [2.05, 4.69) is 13.8 Å². The van der Waals surface area contributed by atoms with Crippen LogP contribution in [0.5, 0.6) is 11.5 Å². The van der Waals surface area contributed by atoms with Crippen LogP contribution in [0.3, 0.4) is 0 Å². The van der Waals surface area contributed by atoms with Gasteiger partial charge in [-0.3, -0.25) is 9.69 Å². The number of benzene rings is 1. The van der Waals surface area contributed by atoms with E-state index in [0.29, 0.717) is 31.1 Å². The van der Waals surface area contributed by atoms with Gasteiger partial charge in [-0.1, -0.05) is 33.8 Å². The third kappa shape index (κ3) is 6.93. The van der Waals surface area contributed by atoms with Gasteiger partial charge in [0.15, 0.2) is 11.5 Å². The Bertz CT molecular complexity index is 954. The molecule has 2 heterocycles. The van der Waals surface area contributed by atoms with E-state index in [1.54, 1.807) is 14.2 Å². The van der Waals surface area contributed by atoms with Crippen LogP contribution in [0, 0.1) is 23.7 Å². The quantitative estimate of drug-likeness (QED) is 0.269. The number of hydrogen-bond donors (Lipinski definition) is 0. The average Bonchev–Trinajstić information content (AvgIpc) is 3.42. The molecule has 0 spiro atoms. The Balaban J connectivity index is 2.03. The standard InChI is InChI=1S/C30H47NO7/c1-18(2)21-16-23(25-17-22(19(3)4)28(32)37-25)31(29(33)38-30(5,6)7)27(21)20-11-12-24(35-9)26(15-20)36-14-10-13-34-8/h11-12,15,18-19,21-23,25,27H,10,13-14,16-17H2,1-9H3/t21?,22?,23?,25-,27?/m0/s1. The maximum atomic E-state index is 13.8. The van der Waals surface area contributed by atoms with Crippen LogP contribution < -0.4 is 9.47 Å². The van der Waals surface area contributed by atoms with Gasteiger partial charge in [0, 0.05) is 20.1 Å². The van der Waals surface area contributed by atoms with Crippen LogP contribution in [0.25, 0.3) is 0 Å². The van der Waals surface area contributed by atoms with Crippen molar-refractivity contribution >= 4 is 12.1 Å². The first-order valence-corrected chi connectivity index (χ1v) is 13.9. The van der Waals surface area contributed by atoms with Crippen LogP contribution in [0.2, 0.25) is 0 Å². The summed E-state index contributed by atoms with van der Waals surface area (Å²) in [4.78, 5) is 28.4. The number of ether oxygens (including phenoxy) is 5. The van der Waals surface area contributed by atoms with Crippen molar-refractivity contribution in [1.82, 2.24) is 4.90 Å². The van der Waals surface area contributed by atoms with Gasteiger partial charge in [0.1, 0.15) is 11.7 Å². The molecule has 2 aliphatic heterocycles. The van der Waals surface area contributed by atoms with Crippen molar-refractivity contribution in [3.05, 3.63) is 23.8 Å². The molecule has 4 unspecified atom stereocenters. The lowest BCUT2D eigenvalue weighted by Gasteiger charge is -2.36. The normalized spacial score (nSPS) is 25.7. The summed E-state index contributed by atoms with van der Waals surface area (Å²) in [6.07, 6.45) is 1.32. The predicted molar refractivity (Wildman–Crippen MR) is 145 cm³/mol. The maximum Gasteiger partial charge on any atom is 0.411 e. The molecule has 2 fully saturated rings. The number of likely N-dealkylation sites (tertiary alicyclic amines) is 1. The molecule has 2 saturated heterocycles. The van der Waals surface area contributed by atoms with E-state index < -0.39 is 11.7 Å². The van der Waals surface area contributed by atoms with Crippen molar-refractivity contribution in [3.63, 3.8) is 0 Å². The van der Waals surface area contributed by atoms with Gasteiger partial charge < -0.3 is 23.7 Å². The molecule has 1 aromatic rings. The van der Waals surface area contributed by atoms with Crippen LogP contribution in [0.1, 0.15) is 79.3 Å². The van der Waals surface area contributed by atoms with Crippen LogP contribution in [0.15, 0.2) is 18.2 Å². The molecule has 0 aromatic heterocycles. The zero-order valence-electron chi connectivity index (χ0n) is 24.6. The Kier molecular flexibility index (Phi) is 9.96. The number of methoxy groups -OCH3 is 2. The van der Waals surface area contributed by atoms with Crippen LogP contribution in [-0.2, 0) is 19.0 Å². The Morgan fingerprint density at radius 3 is 2.32 bits per heavy atom. The smallest absolute Gasteiger partial charge is 0.411 e. The molecular formula is C30H47NO7. The van der Waals surface area contributed by atoms with Crippen molar-refractivity contribution < 1.29 is 33.3 Å². The van der Waals surface area contributed by atoms with Gasteiger partial charge in [-0.15, -0.1) is 0 Å². The molecule has 38 heavy (non-hydrogen) atoms. The van der Waals surface area contributed by atoms with Crippen LogP contribution in [-0.4, -0.2) is 62.1 Å². The monoisotopic (exact) mass is 533 g/mol. The maximum absolute atomic E-state index is 13.8. The molecule has 1 amide bonds. The average molecular weight is 534 g/mol. The summed E-state index contributed by atoms with van der Waals surface area (Å²) in [7, 11) is 3.28. The fourth-order valence-electron chi connectivity index (χ4n) is 5.66. The Morgan fingerprint density at radius 1 is 1.05 bits per heavy atom. The highest BCUT2D eigenvalue weighted by Gasteiger charge is 2.53. The fraction of sp³-hybridized carbons (Fsp3) is 0.733. The molecule has 8 nitrogen and oxygen atoms in total. The summed E-state index contributed by atoms with van der Waals surface area (Å²) in [5.74, 6) is 1.53. The molecular weight excluding hydrogens is 486 g/mol. The van der Waals surface area contributed by atoms with Crippen molar-refractivity contribution in [3.8, 4) is 11.5 Å². The second kappa shape index (κ2) is 12.6. The molecule has 214 valence electrons. The highest BCUT2D eigenvalue weighted by atomic mass is 16.6. The topological polar surface area (TPSA) is 83.5 Å². The van der Waals surface area contributed by atoms with Gasteiger partial charge in [-0.05, 0) is 69.1 Å². The molecule has 5 atom stereocenters. The molecule has 0 aliphatic carbocycles. The SMILES string of the molecule is COCCCOc1cc(C2C(C(C)C)CC([C@@H]3CC(C(C)C)C(=O)O3)N2C(=O)OC(C)(C)C)ccc1OC. The molecule has 0 N–H and O–H groups in total. The van der Waals surface area contributed by atoms with E-state index in [0.717, 1.165) is 18.4 Å². The Hall–Kier alpha value is -2.48. The minimum Gasteiger partial charge on any atom is -0.493 e. The second-order valence-electron chi connectivity index (χ2n) is 12.2. The second-order valence-corrected chi connectivity index (χ2v) is 12.2. The summed E-state index contributed by atoms with van der Waals surface area (Å²) >= 11 is 0. The highest BCUT2D eigenvalue weighted by Crippen LogP contribution is 2.49. The number of hydrogen-bond acceptors (Lipinski definition) is 7. The van der Waals surface area contributed by atoms with E-state index in [1.165, 1.54) is 0 Å². The third-order valence-corrected chi connectivity index (χ3v) is 7.61. The number of cyclic esters (lactones) is 1. The van der Waals surface area contributed by atoms with Crippen LogP contribution in [0.4, 0.5) is 4.79 Å². The van der Waals surface area contributed by atoms with Crippen molar-refractivity contribution in [1.29, 1.82) is 0 Å². The number of carbonyl (C=O) groups excluding carboxylic acids is 2. The van der Waals surface area contributed by atoms with Crippen molar-refractivity contribution in [2.24, 2.45) is 23.7 Å². The lowest BCUT2D eigenvalue weighted by molar-refractivity contribution is -0.147. The number of nitrogens with zero attached hydrogens (tertiary/aromatic N) is 1. The molecule has 8 heteroatoms. The first-order valence-electron chi connectivity index (χ1n) is 13.9. The summed E-state index contributed by atoms with van der Waals surface area (Å²) in [6, 6.07) is 5.33. The molecule has 2 aliphatic rings. The number of esters is 1. The molecule has 3 rings (SSSR count). The van der Waals surface area contributed by atoms with E-state index in [4.69, 9.17) is 23.7 Å². The summed E-state index contributed by atoms with van der Waals surface area (Å²) in [5.41, 5.74) is 0.286. The third-order valence-electron chi connectivity index (χ3n) is 7.61. The molecule has 0 saturated carbocycles. The fourth-order valence-corrected chi connectivity index (χ4v) is 5.66. The Labute approximate surface area is 228 Å². The lowest BCUT2D eigenvalue weighted by atomic mass is 9.83. The molecule has 1 aromatic carbocycles.